The van der Waals surface area contributed by atoms with Crippen molar-refractivity contribution in [2.75, 3.05) is 17.7 Å². The van der Waals surface area contributed by atoms with Crippen molar-refractivity contribution in [3.05, 3.63) is 46.5 Å². The maximum atomic E-state index is 13.6. The van der Waals surface area contributed by atoms with Crippen LogP contribution in [0.4, 0.5) is 26.1 Å². The number of anilines is 3. The summed E-state index contributed by atoms with van der Waals surface area (Å²) in [6.45, 7) is 0. The molecule has 0 fully saturated rings. The summed E-state index contributed by atoms with van der Waals surface area (Å²) in [5.41, 5.74) is 0.745. The summed E-state index contributed by atoms with van der Waals surface area (Å²) >= 11 is 5.96. The fraction of sp³-hybridized carbons (Fsp3) is 0.0769. The number of pyridine rings is 1. The zero-order valence-electron chi connectivity index (χ0n) is 10.3. The van der Waals surface area contributed by atoms with Crippen LogP contribution in [0.3, 0.4) is 0 Å². The van der Waals surface area contributed by atoms with E-state index in [2.05, 4.69) is 15.6 Å². The van der Waals surface area contributed by atoms with Crippen molar-refractivity contribution < 1.29 is 8.78 Å². The summed E-state index contributed by atoms with van der Waals surface area (Å²) in [6, 6.07) is 7.13. The molecule has 0 bridgehead atoms. The van der Waals surface area contributed by atoms with Gasteiger partial charge in [0.1, 0.15) is 0 Å². The first-order valence-electron chi connectivity index (χ1n) is 5.55. The lowest BCUT2D eigenvalue weighted by Crippen LogP contribution is -2.03. The molecule has 0 aliphatic rings. The molecule has 2 N–H and O–H groups in total. The summed E-state index contributed by atoms with van der Waals surface area (Å²) in [6.07, 6.45) is 0. The molecule has 0 saturated heterocycles. The zero-order valence-corrected chi connectivity index (χ0v) is 11.1. The van der Waals surface area contributed by atoms with Crippen molar-refractivity contribution in [3.63, 3.8) is 0 Å². The summed E-state index contributed by atoms with van der Waals surface area (Å²) in [5, 5.41) is 14.1. The SMILES string of the molecule is CNc1nc(Nc2ccc(C#N)cc2Cl)c(F)cc1F. The van der Waals surface area contributed by atoms with E-state index in [0.717, 1.165) is 6.07 Å². The molecule has 2 aromatic rings. The van der Waals surface area contributed by atoms with Gasteiger partial charge in [-0.25, -0.2) is 13.8 Å². The molecule has 20 heavy (non-hydrogen) atoms. The van der Waals surface area contributed by atoms with Crippen molar-refractivity contribution in [1.82, 2.24) is 4.98 Å². The van der Waals surface area contributed by atoms with Gasteiger partial charge in [0.15, 0.2) is 23.3 Å². The Morgan fingerprint density at radius 2 is 1.90 bits per heavy atom. The number of nitrogens with one attached hydrogen (secondary N) is 2. The van der Waals surface area contributed by atoms with E-state index in [9.17, 15) is 8.78 Å². The third-order valence-electron chi connectivity index (χ3n) is 2.52. The first-order valence-corrected chi connectivity index (χ1v) is 5.93. The molecule has 0 aliphatic carbocycles. The average Bonchev–Trinajstić information content (AvgIpc) is 2.43. The summed E-state index contributed by atoms with van der Waals surface area (Å²) in [7, 11) is 1.47. The van der Waals surface area contributed by atoms with E-state index in [0.29, 0.717) is 11.3 Å². The number of rotatable bonds is 3. The molecular weight excluding hydrogens is 286 g/mol. The van der Waals surface area contributed by atoms with Gasteiger partial charge in [-0.3, -0.25) is 0 Å². The molecule has 7 heteroatoms. The maximum Gasteiger partial charge on any atom is 0.169 e. The topological polar surface area (TPSA) is 60.7 Å². The van der Waals surface area contributed by atoms with E-state index in [4.69, 9.17) is 16.9 Å². The minimum atomic E-state index is -0.845. The Balaban J connectivity index is 2.37. The van der Waals surface area contributed by atoms with Crippen molar-refractivity contribution in [1.29, 1.82) is 5.26 Å². The van der Waals surface area contributed by atoms with Gasteiger partial charge in [-0.15, -0.1) is 0 Å². The Labute approximate surface area is 119 Å². The highest BCUT2D eigenvalue weighted by atomic mass is 35.5. The van der Waals surface area contributed by atoms with Crippen molar-refractivity contribution in [2.24, 2.45) is 0 Å². The average molecular weight is 295 g/mol. The Morgan fingerprint density at radius 3 is 2.50 bits per heavy atom. The van der Waals surface area contributed by atoms with E-state index in [1.807, 2.05) is 6.07 Å². The van der Waals surface area contributed by atoms with Crippen LogP contribution in [-0.4, -0.2) is 12.0 Å². The van der Waals surface area contributed by atoms with E-state index < -0.39 is 11.6 Å². The second kappa shape index (κ2) is 5.72. The van der Waals surface area contributed by atoms with Crippen LogP contribution >= 0.6 is 11.6 Å². The number of hydrogen-bond acceptors (Lipinski definition) is 4. The van der Waals surface area contributed by atoms with Crippen LogP contribution in [0, 0.1) is 23.0 Å². The largest absolute Gasteiger partial charge is 0.371 e. The molecule has 0 saturated carbocycles. The molecule has 0 radical (unpaired) electrons. The van der Waals surface area contributed by atoms with Crippen LogP contribution in [0.1, 0.15) is 5.56 Å². The fourth-order valence-corrected chi connectivity index (χ4v) is 1.77. The highest BCUT2D eigenvalue weighted by molar-refractivity contribution is 6.33. The number of hydrogen-bond donors (Lipinski definition) is 2. The van der Waals surface area contributed by atoms with Gasteiger partial charge in [-0.2, -0.15) is 5.26 Å². The Kier molecular flexibility index (Phi) is 4.01. The minimum Gasteiger partial charge on any atom is -0.371 e. The molecule has 1 aromatic heterocycles. The fourth-order valence-electron chi connectivity index (χ4n) is 1.54. The van der Waals surface area contributed by atoms with E-state index >= 15 is 0 Å². The number of benzene rings is 1. The van der Waals surface area contributed by atoms with Gasteiger partial charge in [0.05, 0.1) is 22.3 Å². The number of aromatic nitrogens is 1. The van der Waals surface area contributed by atoms with Gasteiger partial charge in [0, 0.05) is 13.1 Å². The smallest absolute Gasteiger partial charge is 0.169 e. The summed E-state index contributed by atoms with van der Waals surface area (Å²) in [5.74, 6) is -1.88. The Morgan fingerprint density at radius 1 is 1.20 bits per heavy atom. The van der Waals surface area contributed by atoms with Crippen LogP contribution < -0.4 is 10.6 Å². The quantitative estimate of drug-likeness (QED) is 0.907. The maximum absolute atomic E-state index is 13.6. The number of halogens is 3. The van der Waals surface area contributed by atoms with Crippen molar-refractivity contribution in [3.8, 4) is 6.07 Å². The predicted molar refractivity (Wildman–Crippen MR) is 73.1 cm³/mol. The van der Waals surface area contributed by atoms with Gasteiger partial charge in [0.25, 0.3) is 0 Å². The van der Waals surface area contributed by atoms with Crippen LogP contribution in [0.5, 0.6) is 0 Å². The molecule has 2 rings (SSSR count). The van der Waals surface area contributed by atoms with Crippen molar-refractivity contribution >= 4 is 28.9 Å². The highest BCUT2D eigenvalue weighted by Gasteiger charge is 2.12. The highest BCUT2D eigenvalue weighted by Crippen LogP contribution is 2.28. The lowest BCUT2D eigenvalue weighted by atomic mass is 10.2. The normalized spacial score (nSPS) is 9.95. The third kappa shape index (κ3) is 2.78. The van der Waals surface area contributed by atoms with E-state index in [1.54, 1.807) is 0 Å². The van der Waals surface area contributed by atoms with Crippen LogP contribution in [0.25, 0.3) is 0 Å². The van der Waals surface area contributed by atoms with E-state index in [-0.39, 0.29) is 16.7 Å². The molecule has 0 aliphatic heterocycles. The van der Waals surface area contributed by atoms with Gasteiger partial charge in [0.2, 0.25) is 0 Å². The van der Waals surface area contributed by atoms with Gasteiger partial charge >= 0.3 is 0 Å². The summed E-state index contributed by atoms with van der Waals surface area (Å²) in [4.78, 5) is 3.77. The molecule has 0 amide bonds. The second-order valence-electron chi connectivity index (χ2n) is 3.83. The molecular formula is C13H9ClF2N4. The molecule has 4 nitrogen and oxygen atoms in total. The first kappa shape index (κ1) is 14.0. The van der Waals surface area contributed by atoms with Crippen LogP contribution in [0.15, 0.2) is 24.3 Å². The molecule has 0 unspecified atom stereocenters. The number of nitriles is 1. The number of nitrogens with zero attached hydrogens (tertiary/aromatic N) is 2. The second-order valence-corrected chi connectivity index (χ2v) is 4.24. The third-order valence-corrected chi connectivity index (χ3v) is 2.83. The van der Waals surface area contributed by atoms with Gasteiger partial charge in [-0.05, 0) is 18.2 Å². The lowest BCUT2D eigenvalue weighted by Gasteiger charge is -2.10. The Hall–Kier alpha value is -2.39. The monoisotopic (exact) mass is 294 g/mol. The predicted octanol–water partition coefficient (Wildman–Crippen LogP) is 3.67. The molecule has 0 atom stereocenters. The first-order chi connectivity index (χ1) is 9.55. The molecule has 1 heterocycles. The van der Waals surface area contributed by atoms with Gasteiger partial charge < -0.3 is 10.6 Å². The summed E-state index contributed by atoms with van der Waals surface area (Å²) < 4.78 is 26.9. The minimum absolute atomic E-state index is 0.0846. The van der Waals surface area contributed by atoms with Gasteiger partial charge in [-0.1, -0.05) is 11.6 Å². The molecule has 1 aromatic carbocycles. The van der Waals surface area contributed by atoms with Crippen molar-refractivity contribution in [2.45, 2.75) is 0 Å². The molecule has 102 valence electrons. The Bertz CT molecular complexity index is 698. The lowest BCUT2D eigenvalue weighted by molar-refractivity contribution is 0.580. The van der Waals surface area contributed by atoms with E-state index in [1.165, 1.54) is 25.2 Å². The van der Waals surface area contributed by atoms with Crippen LogP contribution in [0.2, 0.25) is 5.02 Å². The van der Waals surface area contributed by atoms with Crippen LogP contribution in [-0.2, 0) is 0 Å². The zero-order chi connectivity index (χ0) is 14.7. The molecule has 0 spiro atoms. The standard InChI is InChI=1S/C13H9ClF2N4/c1-18-12-9(15)5-10(16)13(20-12)19-11-3-2-7(6-17)4-8(11)14/h2-5H,1H3,(H2,18,19,20).